The Morgan fingerprint density at radius 1 is 0.500 bits per heavy atom. The van der Waals surface area contributed by atoms with Crippen molar-refractivity contribution >= 4 is 11.9 Å². The van der Waals surface area contributed by atoms with Crippen LogP contribution < -0.4 is 5.32 Å². The van der Waals surface area contributed by atoms with Crippen LogP contribution in [-0.2, 0) is 23.8 Å². The number of hydrogen-bond acceptors (Lipinski definition) is 10. The summed E-state index contributed by atoms with van der Waals surface area (Å²) in [5, 5.41) is 54.2. The number of nitrogens with one attached hydrogen (secondary N) is 1. The van der Waals surface area contributed by atoms with Crippen molar-refractivity contribution in [2.24, 2.45) is 0 Å². The molecule has 1 rings (SSSR count). The fourth-order valence-electron chi connectivity index (χ4n) is 10.0. The topological polar surface area (TPSA) is 175 Å². The summed E-state index contributed by atoms with van der Waals surface area (Å²) in [7, 11) is 0. The number of aliphatic hydroxyl groups is 5. The highest BCUT2D eigenvalue weighted by Crippen LogP contribution is 2.23. The normalized spacial score (nSPS) is 18.9. The summed E-state index contributed by atoms with van der Waals surface area (Å²) in [5.41, 5.74) is 0. The number of unbranched alkanes of at least 4 members (excludes halogenated alkanes) is 35. The Morgan fingerprint density at radius 2 is 0.923 bits per heavy atom. The first kappa shape index (κ1) is 73.4. The maximum absolute atomic E-state index is 13.0. The van der Waals surface area contributed by atoms with Gasteiger partial charge in [-0.2, -0.15) is 0 Å². The predicted octanol–water partition coefficient (Wildman–Crippen LogP) is 15.8. The number of hydrogen-bond donors (Lipinski definition) is 6. The van der Waals surface area contributed by atoms with Crippen LogP contribution in [0.3, 0.4) is 0 Å². The van der Waals surface area contributed by atoms with E-state index >= 15 is 0 Å². The maximum Gasteiger partial charge on any atom is 0.305 e. The second-order valence-corrected chi connectivity index (χ2v) is 22.5. The largest absolute Gasteiger partial charge is 0.466 e. The van der Waals surface area contributed by atoms with Gasteiger partial charge in [0.2, 0.25) is 5.91 Å². The van der Waals surface area contributed by atoms with Gasteiger partial charge in [-0.05, 0) is 84.0 Å². The quantitative estimate of drug-likeness (QED) is 0.0195. The maximum atomic E-state index is 13.0. The molecule has 0 aromatic heterocycles. The van der Waals surface area contributed by atoms with Crippen LogP contribution >= 0.6 is 0 Å². The summed E-state index contributed by atoms with van der Waals surface area (Å²) >= 11 is 0. The van der Waals surface area contributed by atoms with Crippen LogP contribution in [0.15, 0.2) is 60.8 Å². The van der Waals surface area contributed by atoms with E-state index in [1.807, 2.05) is 19.1 Å². The fraction of sp³-hybridized carbons (Fsp3) is 0.821. The average molecular weight is 1100 g/mol. The average Bonchev–Trinajstić information content (AvgIpc) is 3.45. The van der Waals surface area contributed by atoms with Gasteiger partial charge in [0.05, 0.1) is 32.0 Å². The van der Waals surface area contributed by atoms with E-state index in [1.165, 1.54) is 193 Å². The first-order chi connectivity index (χ1) is 38.2. The van der Waals surface area contributed by atoms with E-state index in [2.05, 4.69) is 54.8 Å². The third kappa shape index (κ3) is 45.0. The minimum absolute atomic E-state index is 0.00298. The number of carbonyl (C=O) groups excluding carboxylic acids is 2. The third-order valence-corrected chi connectivity index (χ3v) is 15.2. The molecule has 6 N–H and O–H groups in total. The van der Waals surface area contributed by atoms with Gasteiger partial charge in [0.25, 0.3) is 0 Å². The molecule has 0 aromatic carbocycles. The Morgan fingerprint density at radius 3 is 1.41 bits per heavy atom. The van der Waals surface area contributed by atoms with Gasteiger partial charge in [0.1, 0.15) is 24.4 Å². The van der Waals surface area contributed by atoms with Gasteiger partial charge in [0, 0.05) is 12.8 Å². The molecule has 1 aliphatic rings. The van der Waals surface area contributed by atoms with Crippen molar-refractivity contribution in [1.82, 2.24) is 5.32 Å². The Kier molecular flexibility index (Phi) is 52.9. The molecular formula is C67H121NO10. The Labute approximate surface area is 478 Å². The van der Waals surface area contributed by atoms with Crippen LogP contribution in [-0.4, -0.2) is 100 Å². The monoisotopic (exact) mass is 1100 g/mol. The second kappa shape index (κ2) is 56.2. The van der Waals surface area contributed by atoms with Gasteiger partial charge >= 0.3 is 5.97 Å². The van der Waals surface area contributed by atoms with E-state index < -0.39 is 49.5 Å². The Hall–Kier alpha value is -2.64. The second-order valence-electron chi connectivity index (χ2n) is 22.5. The molecule has 11 heteroatoms. The molecule has 0 aromatic rings. The van der Waals surface area contributed by atoms with Crippen LogP contribution in [0, 0.1) is 0 Å². The molecule has 0 radical (unpaired) electrons. The van der Waals surface area contributed by atoms with Gasteiger partial charge in [0.15, 0.2) is 6.29 Å². The zero-order chi connectivity index (χ0) is 56.6. The van der Waals surface area contributed by atoms with Gasteiger partial charge < -0.3 is 45.1 Å². The summed E-state index contributed by atoms with van der Waals surface area (Å²) in [6.07, 6.45) is 63.8. The molecule has 1 saturated heterocycles. The molecule has 7 atom stereocenters. The smallest absolute Gasteiger partial charge is 0.305 e. The standard InChI is InChI=1S/C67H121NO10/c1-3-5-7-9-11-13-14-35-39-43-47-51-55-63(72)76-56-52-48-44-40-36-33-31-29-27-25-23-21-19-17-15-16-18-20-22-24-26-28-30-32-34-38-42-46-50-54-62(71)68-59(60(70)53-49-45-41-37-12-10-8-6-4-2)58-77-67-66(75)65(74)64(73)61(57-69)78-67/h4,6,12,15,17,21,23,37,49,53,59-61,64-67,69-70,73-75H,3,5,7-11,13-14,16,18-20,22,24-36,38-48,50-52,54-58H2,1-2H3,(H,68,71)/b6-4+,17-15-,23-21-,37-12+,53-49+. The molecule has 1 aliphatic heterocycles. The van der Waals surface area contributed by atoms with Crippen molar-refractivity contribution in [2.75, 3.05) is 19.8 Å². The molecule has 0 bridgehead atoms. The van der Waals surface area contributed by atoms with Crippen molar-refractivity contribution in [2.45, 2.75) is 333 Å². The SMILES string of the molecule is C/C=C/CC/C=C/CC/C=C/C(O)C(COC1OC(CO)C(O)C(O)C1O)NC(=O)CCCCCCCCCCCCCCC/C=C\C/C=C\CCCCCCCCCCCOC(=O)CCCCCCCCCCCCCC. The van der Waals surface area contributed by atoms with E-state index in [0.717, 1.165) is 70.6 Å². The fourth-order valence-corrected chi connectivity index (χ4v) is 10.0. The van der Waals surface area contributed by atoms with Crippen LogP contribution in [0.5, 0.6) is 0 Å². The highest BCUT2D eigenvalue weighted by atomic mass is 16.7. The van der Waals surface area contributed by atoms with Gasteiger partial charge in [-0.25, -0.2) is 0 Å². The van der Waals surface area contributed by atoms with Gasteiger partial charge in [-0.15, -0.1) is 0 Å². The molecule has 78 heavy (non-hydrogen) atoms. The van der Waals surface area contributed by atoms with Crippen LogP contribution in [0.4, 0.5) is 0 Å². The summed E-state index contributed by atoms with van der Waals surface area (Å²) in [5.74, 6) is -0.198. The number of allylic oxidation sites excluding steroid dienone is 9. The van der Waals surface area contributed by atoms with Crippen molar-refractivity contribution in [1.29, 1.82) is 0 Å². The molecule has 7 unspecified atom stereocenters. The zero-order valence-electron chi connectivity index (χ0n) is 50.1. The van der Waals surface area contributed by atoms with Crippen molar-refractivity contribution in [3.63, 3.8) is 0 Å². The molecule has 0 spiro atoms. The Balaban J connectivity index is 1.97. The number of amides is 1. The number of rotatable bonds is 56. The highest BCUT2D eigenvalue weighted by Gasteiger charge is 2.44. The summed E-state index contributed by atoms with van der Waals surface area (Å²) < 4.78 is 16.7. The lowest BCUT2D eigenvalue weighted by atomic mass is 9.99. The van der Waals surface area contributed by atoms with E-state index in [9.17, 15) is 35.1 Å². The van der Waals surface area contributed by atoms with E-state index in [1.54, 1.807) is 6.08 Å². The first-order valence-electron chi connectivity index (χ1n) is 32.5. The molecule has 1 fully saturated rings. The lowest BCUT2D eigenvalue weighted by Gasteiger charge is -2.40. The van der Waals surface area contributed by atoms with Crippen molar-refractivity contribution in [3.8, 4) is 0 Å². The first-order valence-corrected chi connectivity index (χ1v) is 32.5. The number of ether oxygens (including phenoxy) is 3. The van der Waals surface area contributed by atoms with Crippen LogP contribution in [0.2, 0.25) is 0 Å². The number of aliphatic hydroxyl groups excluding tert-OH is 5. The Bertz CT molecular complexity index is 1480. The minimum Gasteiger partial charge on any atom is -0.466 e. The molecular weight excluding hydrogens is 979 g/mol. The molecule has 1 heterocycles. The van der Waals surface area contributed by atoms with Gasteiger partial charge in [-0.1, -0.05) is 254 Å². The number of esters is 1. The zero-order valence-corrected chi connectivity index (χ0v) is 50.1. The molecule has 0 saturated carbocycles. The van der Waals surface area contributed by atoms with E-state index in [4.69, 9.17) is 14.2 Å². The highest BCUT2D eigenvalue weighted by molar-refractivity contribution is 5.76. The molecule has 454 valence electrons. The summed E-state index contributed by atoms with van der Waals surface area (Å²) in [6.45, 7) is 4.09. The molecule has 1 amide bonds. The van der Waals surface area contributed by atoms with Crippen LogP contribution in [0.25, 0.3) is 0 Å². The van der Waals surface area contributed by atoms with Crippen molar-refractivity contribution in [3.05, 3.63) is 60.8 Å². The third-order valence-electron chi connectivity index (χ3n) is 15.2. The molecule has 0 aliphatic carbocycles. The van der Waals surface area contributed by atoms with Gasteiger partial charge in [-0.3, -0.25) is 9.59 Å². The molecule has 11 nitrogen and oxygen atoms in total. The summed E-state index contributed by atoms with van der Waals surface area (Å²) in [4.78, 5) is 25.0. The minimum atomic E-state index is -1.58. The number of carbonyl (C=O) groups is 2. The summed E-state index contributed by atoms with van der Waals surface area (Å²) in [6, 6.07) is -0.835. The lowest BCUT2D eigenvalue weighted by Crippen LogP contribution is -2.60. The van der Waals surface area contributed by atoms with E-state index in [0.29, 0.717) is 19.4 Å². The lowest BCUT2D eigenvalue weighted by molar-refractivity contribution is -0.302. The predicted molar refractivity (Wildman–Crippen MR) is 324 cm³/mol. The van der Waals surface area contributed by atoms with E-state index in [-0.39, 0.29) is 18.5 Å². The van der Waals surface area contributed by atoms with Crippen molar-refractivity contribution < 1.29 is 49.3 Å². The van der Waals surface area contributed by atoms with Crippen LogP contribution in [0.1, 0.15) is 290 Å².